The number of rotatable bonds is 4. The fourth-order valence-corrected chi connectivity index (χ4v) is 3.70. The van der Waals surface area contributed by atoms with Gasteiger partial charge in [0.15, 0.2) is 0 Å². The van der Waals surface area contributed by atoms with Crippen LogP contribution in [0.4, 0.5) is 0 Å². The fourth-order valence-electron chi connectivity index (χ4n) is 3.58. The van der Waals surface area contributed by atoms with Crippen molar-refractivity contribution in [1.82, 2.24) is 9.88 Å². The van der Waals surface area contributed by atoms with Crippen molar-refractivity contribution in [3.05, 3.63) is 64.8 Å². The number of nitrogens with one attached hydrogen (secondary N) is 1. The molecule has 3 aromatic rings. The fraction of sp³-hybridized carbons (Fsp3) is 0.300. The predicted octanol–water partition coefficient (Wildman–Crippen LogP) is 4.48. The number of para-hydroxylation sites is 1. The first-order valence-corrected chi connectivity index (χ1v) is 8.89. The highest BCUT2D eigenvalue weighted by molar-refractivity contribution is 6.30. The largest absolute Gasteiger partial charge is 0.492 e. The minimum atomic E-state index is 0. The molecule has 0 bridgehead atoms. The molecule has 1 aromatic heterocycles. The van der Waals surface area contributed by atoms with Crippen molar-refractivity contribution < 1.29 is 4.74 Å². The monoisotopic (exact) mass is 376 g/mol. The maximum atomic E-state index is 5.92. The van der Waals surface area contributed by atoms with Crippen LogP contribution in [0.15, 0.2) is 48.5 Å². The molecule has 0 saturated heterocycles. The topological polar surface area (TPSA) is 26.2 Å². The Morgan fingerprint density at radius 3 is 2.60 bits per heavy atom. The summed E-state index contributed by atoms with van der Waals surface area (Å²) in [6.07, 6.45) is 2.17. The second-order valence-electron chi connectivity index (χ2n) is 6.15. The van der Waals surface area contributed by atoms with Crippen LogP contribution in [0.3, 0.4) is 0 Å². The zero-order valence-corrected chi connectivity index (χ0v) is 15.6. The number of aromatic nitrogens is 1. The van der Waals surface area contributed by atoms with Gasteiger partial charge in [-0.15, -0.1) is 12.4 Å². The Bertz CT molecular complexity index is 843. The third kappa shape index (κ3) is 3.79. The van der Waals surface area contributed by atoms with Crippen LogP contribution in [-0.4, -0.2) is 24.3 Å². The quantitative estimate of drug-likeness (QED) is 0.726. The number of benzene rings is 2. The lowest BCUT2D eigenvalue weighted by molar-refractivity contribution is 0.299. The van der Waals surface area contributed by atoms with Crippen molar-refractivity contribution in [2.24, 2.45) is 0 Å². The number of nitrogens with zero attached hydrogens (tertiary/aromatic N) is 1. The van der Waals surface area contributed by atoms with Crippen LogP contribution in [0.1, 0.15) is 11.3 Å². The van der Waals surface area contributed by atoms with Gasteiger partial charge in [0.2, 0.25) is 0 Å². The Morgan fingerprint density at radius 2 is 1.76 bits per heavy atom. The van der Waals surface area contributed by atoms with E-state index < -0.39 is 0 Å². The van der Waals surface area contributed by atoms with E-state index in [1.807, 2.05) is 24.3 Å². The summed E-state index contributed by atoms with van der Waals surface area (Å²) in [6, 6.07) is 16.3. The zero-order chi connectivity index (χ0) is 16.4. The average molecular weight is 377 g/mol. The van der Waals surface area contributed by atoms with Gasteiger partial charge >= 0.3 is 0 Å². The molecule has 1 N–H and O–H groups in total. The van der Waals surface area contributed by atoms with Gasteiger partial charge < -0.3 is 14.6 Å². The first-order valence-electron chi connectivity index (χ1n) is 8.51. The summed E-state index contributed by atoms with van der Waals surface area (Å²) in [4.78, 5) is 0. The Morgan fingerprint density at radius 1 is 1.00 bits per heavy atom. The number of ether oxygens (including phenoxy) is 1. The molecule has 1 aliphatic rings. The molecule has 4 rings (SSSR count). The Labute approximate surface area is 159 Å². The van der Waals surface area contributed by atoms with Gasteiger partial charge in [0.05, 0.1) is 6.54 Å². The summed E-state index contributed by atoms with van der Waals surface area (Å²) in [5.41, 5.74) is 4.28. The molecule has 0 atom stereocenters. The van der Waals surface area contributed by atoms with Gasteiger partial charge in [-0.25, -0.2) is 0 Å². The molecule has 0 spiro atoms. The molecular formula is C20H22Cl2N2O. The minimum absolute atomic E-state index is 0. The Hall–Kier alpha value is -1.68. The second-order valence-corrected chi connectivity index (χ2v) is 6.58. The molecule has 0 amide bonds. The minimum Gasteiger partial charge on any atom is -0.492 e. The molecule has 5 heteroatoms. The summed E-state index contributed by atoms with van der Waals surface area (Å²) in [7, 11) is 0. The molecule has 0 saturated carbocycles. The van der Waals surface area contributed by atoms with Crippen LogP contribution >= 0.6 is 24.0 Å². The lowest BCUT2D eigenvalue weighted by atomic mass is 10.1. The van der Waals surface area contributed by atoms with E-state index in [1.54, 1.807) is 0 Å². The van der Waals surface area contributed by atoms with E-state index in [0.717, 1.165) is 43.2 Å². The van der Waals surface area contributed by atoms with E-state index in [-0.39, 0.29) is 12.4 Å². The van der Waals surface area contributed by atoms with Crippen molar-refractivity contribution in [1.29, 1.82) is 0 Å². The van der Waals surface area contributed by atoms with Crippen molar-refractivity contribution in [2.75, 3.05) is 19.7 Å². The number of hydrogen-bond donors (Lipinski definition) is 1. The smallest absolute Gasteiger partial charge is 0.119 e. The van der Waals surface area contributed by atoms with Gasteiger partial charge in [0, 0.05) is 34.6 Å². The highest BCUT2D eigenvalue weighted by atomic mass is 35.5. The first-order chi connectivity index (χ1) is 11.8. The molecule has 25 heavy (non-hydrogen) atoms. The SMILES string of the molecule is Cl.Clc1ccc(OCCn2c3c(c4ccccc42)CCNCC3)cc1. The lowest BCUT2D eigenvalue weighted by Gasteiger charge is -2.12. The van der Waals surface area contributed by atoms with E-state index in [0.29, 0.717) is 6.61 Å². The summed E-state index contributed by atoms with van der Waals surface area (Å²) >= 11 is 5.92. The van der Waals surface area contributed by atoms with Gasteiger partial charge in [-0.3, -0.25) is 0 Å². The molecular weight excluding hydrogens is 355 g/mol. The molecule has 132 valence electrons. The maximum Gasteiger partial charge on any atom is 0.119 e. The van der Waals surface area contributed by atoms with Gasteiger partial charge in [-0.2, -0.15) is 0 Å². The molecule has 0 fully saturated rings. The average Bonchev–Trinajstić information content (AvgIpc) is 2.76. The highest BCUT2D eigenvalue weighted by Crippen LogP contribution is 2.28. The van der Waals surface area contributed by atoms with Gasteiger partial charge in [-0.05, 0) is 48.9 Å². The van der Waals surface area contributed by atoms with Crippen LogP contribution in [0.25, 0.3) is 10.9 Å². The Kier molecular flexibility index (Phi) is 5.89. The molecule has 0 aliphatic carbocycles. The van der Waals surface area contributed by atoms with Gasteiger partial charge in [0.1, 0.15) is 12.4 Å². The maximum absolute atomic E-state index is 5.92. The molecule has 3 nitrogen and oxygen atoms in total. The molecule has 2 heterocycles. The van der Waals surface area contributed by atoms with Crippen molar-refractivity contribution in [3.8, 4) is 5.75 Å². The normalized spacial score (nSPS) is 13.8. The second kappa shape index (κ2) is 8.13. The van der Waals surface area contributed by atoms with E-state index >= 15 is 0 Å². The van der Waals surface area contributed by atoms with E-state index in [1.165, 1.54) is 22.2 Å². The summed E-state index contributed by atoms with van der Waals surface area (Å²) < 4.78 is 8.35. The number of fused-ring (bicyclic) bond motifs is 3. The van der Waals surface area contributed by atoms with Gasteiger partial charge in [0.25, 0.3) is 0 Å². The van der Waals surface area contributed by atoms with Crippen LogP contribution < -0.4 is 10.1 Å². The van der Waals surface area contributed by atoms with Crippen LogP contribution in [0.5, 0.6) is 5.75 Å². The van der Waals surface area contributed by atoms with Crippen molar-refractivity contribution in [3.63, 3.8) is 0 Å². The third-order valence-electron chi connectivity index (χ3n) is 4.68. The van der Waals surface area contributed by atoms with Crippen molar-refractivity contribution in [2.45, 2.75) is 19.4 Å². The standard InChI is InChI=1S/C20H21ClN2O.ClH/c21-15-5-7-16(8-6-15)24-14-13-23-19-4-2-1-3-17(19)18-9-11-22-12-10-20(18)23;/h1-8,22H,9-14H2;1H. The first kappa shape index (κ1) is 18.1. The van der Waals surface area contributed by atoms with Crippen molar-refractivity contribution >= 4 is 34.9 Å². The van der Waals surface area contributed by atoms with Gasteiger partial charge in [-0.1, -0.05) is 29.8 Å². The molecule has 0 unspecified atom stereocenters. The zero-order valence-electron chi connectivity index (χ0n) is 14.0. The summed E-state index contributed by atoms with van der Waals surface area (Å²) in [5.74, 6) is 0.864. The number of hydrogen-bond acceptors (Lipinski definition) is 2. The van der Waals surface area contributed by atoms with E-state index in [4.69, 9.17) is 16.3 Å². The third-order valence-corrected chi connectivity index (χ3v) is 4.93. The number of halogens is 2. The predicted molar refractivity (Wildman–Crippen MR) is 106 cm³/mol. The summed E-state index contributed by atoms with van der Waals surface area (Å²) in [6.45, 7) is 3.61. The highest BCUT2D eigenvalue weighted by Gasteiger charge is 2.18. The summed E-state index contributed by atoms with van der Waals surface area (Å²) in [5, 5.41) is 5.63. The lowest BCUT2D eigenvalue weighted by Crippen LogP contribution is -2.17. The Balaban J connectivity index is 0.00000182. The van der Waals surface area contributed by atoms with E-state index in [9.17, 15) is 0 Å². The molecule has 2 aromatic carbocycles. The van der Waals surface area contributed by atoms with Crippen LogP contribution in [0, 0.1) is 0 Å². The van der Waals surface area contributed by atoms with Crippen LogP contribution in [0.2, 0.25) is 5.02 Å². The van der Waals surface area contributed by atoms with Crippen LogP contribution in [-0.2, 0) is 19.4 Å². The molecule has 0 radical (unpaired) electrons. The molecule has 1 aliphatic heterocycles. The van der Waals surface area contributed by atoms with E-state index in [2.05, 4.69) is 34.1 Å².